The molecule has 0 bridgehead atoms. The van der Waals surface area contributed by atoms with Gasteiger partial charge in [0.15, 0.2) is 0 Å². The highest BCUT2D eigenvalue weighted by Crippen LogP contribution is 2.18. The van der Waals surface area contributed by atoms with Gasteiger partial charge in [0.05, 0.1) is 24.2 Å². The molecule has 0 unspecified atom stereocenters. The Morgan fingerprint density at radius 1 is 1.30 bits per heavy atom. The second kappa shape index (κ2) is 6.65. The summed E-state index contributed by atoms with van der Waals surface area (Å²) in [6.45, 7) is 10.1. The maximum absolute atomic E-state index is 11.6. The van der Waals surface area contributed by atoms with Crippen LogP contribution >= 0.6 is 0 Å². The van der Waals surface area contributed by atoms with Crippen molar-refractivity contribution < 1.29 is 9.90 Å². The van der Waals surface area contributed by atoms with Gasteiger partial charge in [-0.2, -0.15) is 0 Å². The summed E-state index contributed by atoms with van der Waals surface area (Å²) in [5.74, 6) is 0.823. The number of urea groups is 1. The number of rotatable bonds is 4. The minimum Gasteiger partial charge on any atom is -0.391 e. The molecule has 0 spiro atoms. The van der Waals surface area contributed by atoms with Crippen molar-refractivity contribution in [3.8, 4) is 0 Å². The molecule has 1 heterocycles. The molecule has 1 atom stereocenters. The first-order valence-electron chi connectivity index (χ1n) is 6.75. The number of nitrogens with zero attached hydrogens (tertiary/aromatic N) is 2. The van der Waals surface area contributed by atoms with E-state index in [-0.39, 0.29) is 23.9 Å². The molecule has 0 aromatic carbocycles. The molecule has 1 aromatic rings. The summed E-state index contributed by atoms with van der Waals surface area (Å²) in [4.78, 5) is 20.1. The van der Waals surface area contributed by atoms with Gasteiger partial charge in [-0.15, -0.1) is 0 Å². The van der Waals surface area contributed by atoms with Crippen LogP contribution in [0.3, 0.4) is 0 Å². The smallest absolute Gasteiger partial charge is 0.319 e. The van der Waals surface area contributed by atoms with Gasteiger partial charge >= 0.3 is 6.03 Å². The van der Waals surface area contributed by atoms with Crippen LogP contribution < -0.4 is 10.6 Å². The van der Waals surface area contributed by atoms with Crippen LogP contribution in [0.5, 0.6) is 0 Å². The lowest BCUT2D eigenvalue weighted by atomic mass is 9.96. The summed E-state index contributed by atoms with van der Waals surface area (Å²) >= 11 is 0. The topological polar surface area (TPSA) is 87.1 Å². The van der Waals surface area contributed by atoms with Gasteiger partial charge in [0.2, 0.25) is 0 Å². The highest BCUT2D eigenvalue weighted by molar-refractivity contribution is 5.88. The molecule has 1 rings (SSSR count). The summed E-state index contributed by atoms with van der Waals surface area (Å²) in [5, 5.41) is 14.8. The third-order valence-electron chi connectivity index (χ3n) is 2.82. The Morgan fingerprint density at radius 2 is 1.85 bits per heavy atom. The van der Waals surface area contributed by atoms with Crippen LogP contribution in [0.15, 0.2) is 12.4 Å². The molecule has 3 N–H and O–H groups in total. The minimum absolute atomic E-state index is 0.102. The van der Waals surface area contributed by atoms with E-state index >= 15 is 0 Å². The number of amides is 2. The average molecular weight is 280 g/mol. The zero-order valence-electron chi connectivity index (χ0n) is 12.8. The van der Waals surface area contributed by atoms with Crippen LogP contribution in [0.4, 0.5) is 10.5 Å². The molecular weight excluding hydrogens is 256 g/mol. The Balaban J connectivity index is 2.51. The zero-order chi connectivity index (χ0) is 15.3. The number of aromatic nitrogens is 2. The van der Waals surface area contributed by atoms with Gasteiger partial charge in [0.1, 0.15) is 5.82 Å². The van der Waals surface area contributed by atoms with E-state index in [4.69, 9.17) is 0 Å². The summed E-state index contributed by atoms with van der Waals surface area (Å²) in [7, 11) is 0. The number of aliphatic hydroxyl groups is 1. The highest BCUT2D eigenvalue weighted by Gasteiger charge is 2.17. The van der Waals surface area contributed by atoms with Crippen LogP contribution in [-0.2, 0) is 5.41 Å². The van der Waals surface area contributed by atoms with E-state index in [0.717, 1.165) is 5.82 Å². The minimum atomic E-state index is -0.555. The SMILES string of the molecule is CC(C)[C@H](O)CNC(=O)Nc1cnc(C(C)(C)C)nc1. The predicted molar refractivity (Wildman–Crippen MR) is 78.6 cm³/mol. The quantitative estimate of drug-likeness (QED) is 0.786. The standard InChI is InChI=1S/C14H24N4O2/c1-9(2)11(19)8-17-13(20)18-10-6-15-12(16-7-10)14(3,4)5/h6-7,9,11,19H,8H2,1-5H3,(H2,17,18,20)/t11-/m1/s1. The van der Waals surface area contributed by atoms with Crippen molar-refractivity contribution in [1.29, 1.82) is 0 Å². The van der Waals surface area contributed by atoms with E-state index < -0.39 is 6.10 Å². The maximum atomic E-state index is 11.6. The van der Waals surface area contributed by atoms with Crippen LogP contribution in [-0.4, -0.2) is 33.8 Å². The fourth-order valence-corrected chi connectivity index (χ4v) is 1.39. The first-order chi connectivity index (χ1) is 9.20. The first kappa shape index (κ1) is 16.4. The molecule has 0 radical (unpaired) electrons. The van der Waals surface area contributed by atoms with E-state index in [1.807, 2.05) is 34.6 Å². The third-order valence-corrected chi connectivity index (χ3v) is 2.82. The van der Waals surface area contributed by atoms with Gasteiger partial charge in [-0.25, -0.2) is 14.8 Å². The van der Waals surface area contributed by atoms with E-state index in [1.54, 1.807) is 12.4 Å². The van der Waals surface area contributed by atoms with Crippen molar-refractivity contribution in [1.82, 2.24) is 15.3 Å². The largest absolute Gasteiger partial charge is 0.391 e. The number of carbonyl (C=O) groups is 1. The maximum Gasteiger partial charge on any atom is 0.319 e. The molecule has 0 saturated heterocycles. The van der Waals surface area contributed by atoms with Gasteiger partial charge in [-0.05, 0) is 5.92 Å². The lowest BCUT2D eigenvalue weighted by molar-refractivity contribution is 0.126. The lowest BCUT2D eigenvalue weighted by Gasteiger charge is -2.17. The number of aliphatic hydroxyl groups excluding tert-OH is 1. The Hall–Kier alpha value is -1.69. The molecule has 6 nitrogen and oxygen atoms in total. The molecule has 0 saturated carbocycles. The molecule has 112 valence electrons. The van der Waals surface area contributed by atoms with Crippen LogP contribution in [0.25, 0.3) is 0 Å². The molecular formula is C14H24N4O2. The third kappa shape index (κ3) is 5.13. The van der Waals surface area contributed by atoms with Crippen molar-refractivity contribution in [2.24, 2.45) is 5.92 Å². The normalized spacial score (nSPS) is 13.2. The Kier molecular flexibility index (Phi) is 5.44. The summed E-state index contributed by atoms with van der Waals surface area (Å²) in [6.07, 6.45) is 2.60. The molecule has 6 heteroatoms. The Bertz CT molecular complexity index is 437. The van der Waals surface area contributed by atoms with E-state index in [1.165, 1.54) is 0 Å². The van der Waals surface area contributed by atoms with Crippen molar-refractivity contribution in [2.45, 2.75) is 46.1 Å². The molecule has 20 heavy (non-hydrogen) atoms. The highest BCUT2D eigenvalue weighted by atomic mass is 16.3. The fourth-order valence-electron chi connectivity index (χ4n) is 1.39. The van der Waals surface area contributed by atoms with Gasteiger partial charge in [-0.3, -0.25) is 0 Å². The van der Waals surface area contributed by atoms with E-state index in [2.05, 4.69) is 20.6 Å². The fraction of sp³-hybridized carbons (Fsp3) is 0.643. The van der Waals surface area contributed by atoms with Crippen LogP contribution in [0.2, 0.25) is 0 Å². The molecule has 0 aliphatic heterocycles. The molecule has 2 amide bonds. The van der Waals surface area contributed by atoms with Crippen molar-refractivity contribution in [2.75, 3.05) is 11.9 Å². The van der Waals surface area contributed by atoms with Gasteiger partial charge in [0.25, 0.3) is 0 Å². The number of nitrogens with one attached hydrogen (secondary N) is 2. The molecule has 1 aromatic heterocycles. The van der Waals surface area contributed by atoms with E-state index in [0.29, 0.717) is 5.69 Å². The van der Waals surface area contributed by atoms with E-state index in [9.17, 15) is 9.90 Å². The van der Waals surface area contributed by atoms with Crippen molar-refractivity contribution >= 4 is 11.7 Å². The molecule has 0 aliphatic rings. The summed E-state index contributed by atoms with van der Waals surface area (Å²) in [6, 6.07) is -0.378. The van der Waals surface area contributed by atoms with Crippen LogP contribution in [0.1, 0.15) is 40.4 Å². The number of anilines is 1. The van der Waals surface area contributed by atoms with Gasteiger partial charge in [-0.1, -0.05) is 34.6 Å². The summed E-state index contributed by atoms with van der Waals surface area (Å²) < 4.78 is 0. The monoisotopic (exact) mass is 280 g/mol. The van der Waals surface area contributed by atoms with Crippen LogP contribution in [0, 0.1) is 5.92 Å². The molecule has 0 aliphatic carbocycles. The second-order valence-corrected chi connectivity index (χ2v) is 6.19. The number of hydrogen-bond donors (Lipinski definition) is 3. The zero-order valence-corrected chi connectivity index (χ0v) is 12.8. The first-order valence-corrected chi connectivity index (χ1v) is 6.75. The van der Waals surface area contributed by atoms with Gasteiger partial charge in [0, 0.05) is 12.0 Å². The molecule has 0 fully saturated rings. The van der Waals surface area contributed by atoms with Crippen molar-refractivity contribution in [3.05, 3.63) is 18.2 Å². The number of hydrogen-bond acceptors (Lipinski definition) is 4. The second-order valence-electron chi connectivity index (χ2n) is 6.19. The average Bonchev–Trinajstić information content (AvgIpc) is 2.35. The van der Waals surface area contributed by atoms with Gasteiger partial charge < -0.3 is 15.7 Å². The lowest BCUT2D eigenvalue weighted by Crippen LogP contribution is -2.37. The summed E-state index contributed by atoms with van der Waals surface area (Å²) in [5.41, 5.74) is 0.400. The Labute approximate surface area is 120 Å². The predicted octanol–water partition coefficient (Wildman–Crippen LogP) is 1.91. The number of carbonyl (C=O) groups excluding carboxylic acids is 1. The van der Waals surface area contributed by atoms with Crippen molar-refractivity contribution in [3.63, 3.8) is 0 Å². The Morgan fingerprint density at radius 3 is 2.30 bits per heavy atom.